The van der Waals surface area contributed by atoms with Gasteiger partial charge in [-0.3, -0.25) is 4.79 Å². The van der Waals surface area contributed by atoms with Gasteiger partial charge in [-0.05, 0) is 42.0 Å². The topological polar surface area (TPSA) is 38.3 Å². The minimum atomic E-state index is -0.230. The van der Waals surface area contributed by atoms with Gasteiger partial charge in [-0.1, -0.05) is 23.7 Å². The molecule has 0 aliphatic rings. The van der Waals surface area contributed by atoms with Crippen molar-refractivity contribution in [3.05, 3.63) is 59.1 Å². The van der Waals surface area contributed by atoms with Crippen LogP contribution in [0.3, 0.4) is 0 Å². The summed E-state index contributed by atoms with van der Waals surface area (Å²) in [6.45, 7) is -0.0628. The zero-order valence-corrected chi connectivity index (χ0v) is 12.1. The molecular formula is C15H13Cl2NO2. The van der Waals surface area contributed by atoms with Gasteiger partial charge in [-0.15, -0.1) is 11.6 Å². The fraction of sp³-hybridized carbons (Fsp3) is 0.133. The summed E-state index contributed by atoms with van der Waals surface area (Å²) in [5, 5.41) is 3.37. The van der Waals surface area contributed by atoms with E-state index in [1.807, 2.05) is 18.2 Å². The van der Waals surface area contributed by atoms with E-state index >= 15 is 0 Å². The number of carbonyl (C=O) groups excluding carboxylic acids is 1. The zero-order chi connectivity index (χ0) is 14.4. The largest absolute Gasteiger partial charge is 0.484 e. The zero-order valence-electron chi connectivity index (χ0n) is 10.6. The third-order valence-corrected chi connectivity index (χ3v) is 3.11. The van der Waals surface area contributed by atoms with Crippen LogP contribution < -0.4 is 10.1 Å². The molecule has 1 amide bonds. The Morgan fingerprint density at radius 1 is 1.15 bits per heavy atom. The van der Waals surface area contributed by atoms with E-state index in [0.29, 0.717) is 22.3 Å². The van der Waals surface area contributed by atoms with Crippen LogP contribution in [0, 0.1) is 0 Å². The van der Waals surface area contributed by atoms with Crippen molar-refractivity contribution in [1.82, 2.24) is 0 Å². The van der Waals surface area contributed by atoms with Crippen LogP contribution in [-0.2, 0) is 10.7 Å². The maximum absolute atomic E-state index is 11.8. The molecule has 2 aromatic carbocycles. The van der Waals surface area contributed by atoms with Crippen molar-refractivity contribution in [2.45, 2.75) is 5.88 Å². The Balaban J connectivity index is 1.87. The van der Waals surface area contributed by atoms with Gasteiger partial charge in [0.15, 0.2) is 6.61 Å². The molecule has 0 aromatic heterocycles. The van der Waals surface area contributed by atoms with Gasteiger partial charge in [0.2, 0.25) is 0 Å². The van der Waals surface area contributed by atoms with Gasteiger partial charge < -0.3 is 10.1 Å². The summed E-state index contributed by atoms with van der Waals surface area (Å²) in [4.78, 5) is 11.8. The second kappa shape index (κ2) is 7.17. The van der Waals surface area contributed by atoms with Crippen LogP contribution in [0.4, 0.5) is 5.69 Å². The molecule has 0 unspecified atom stereocenters. The second-order valence-corrected chi connectivity index (χ2v) is 4.83. The van der Waals surface area contributed by atoms with Crippen LogP contribution >= 0.6 is 23.2 Å². The Bertz CT molecular complexity index is 585. The Labute approximate surface area is 127 Å². The first-order valence-corrected chi connectivity index (χ1v) is 6.92. The second-order valence-electron chi connectivity index (χ2n) is 4.12. The summed E-state index contributed by atoms with van der Waals surface area (Å²) in [6.07, 6.45) is 0. The number of ether oxygens (including phenoxy) is 1. The average Bonchev–Trinajstić information content (AvgIpc) is 2.47. The van der Waals surface area contributed by atoms with E-state index in [1.54, 1.807) is 30.3 Å². The van der Waals surface area contributed by atoms with Gasteiger partial charge in [0.1, 0.15) is 5.75 Å². The van der Waals surface area contributed by atoms with E-state index < -0.39 is 0 Å². The Morgan fingerprint density at radius 3 is 2.60 bits per heavy atom. The quantitative estimate of drug-likeness (QED) is 0.845. The number of amides is 1. The molecule has 104 valence electrons. The Hall–Kier alpha value is -1.71. The van der Waals surface area contributed by atoms with Gasteiger partial charge in [0.05, 0.1) is 0 Å². The van der Waals surface area contributed by atoms with E-state index in [4.69, 9.17) is 27.9 Å². The lowest BCUT2D eigenvalue weighted by atomic mass is 10.2. The summed E-state index contributed by atoms with van der Waals surface area (Å²) in [5.41, 5.74) is 1.65. The van der Waals surface area contributed by atoms with Gasteiger partial charge in [-0.2, -0.15) is 0 Å². The van der Waals surface area contributed by atoms with Crippen LogP contribution in [0.2, 0.25) is 5.02 Å². The number of nitrogens with one attached hydrogen (secondary N) is 1. The summed E-state index contributed by atoms with van der Waals surface area (Å²) in [6, 6.07) is 14.2. The smallest absolute Gasteiger partial charge is 0.262 e. The number of halogens is 2. The van der Waals surface area contributed by atoms with Crippen molar-refractivity contribution in [1.29, 1.82) is 0 Å². The minimum absolute atomic E-state index is 0.0628. The number of anilines is 1. The molecule has 0 aliphatic heterocycles. The fourth-order valence-corrected chi connectivity index (χ4v) is 1.90. The molecule has 0 spiro atoms. The standard InChI is InChI=1S/C15H13Cl2NO2/c16-9-11-2-1-3-13(8-11)18-15(19)10-20-14-6-4-12(17)5-7-14/h1-8H,9-10H2,(H,18,19). The molecule has 3 nitrogen and oxygen atoms in total. The summed E-state index contributed by atoms with van der Waals surface area (Å²) < 4.78 is 5.35. The van der Waals surface area contributed by atoms with Crippen molar-refractivity contribution >= 4 is 34.8 Å². The first-order chi connectivity index (χ1) is 9.67. The predicted octanol–water partition coefficient (Wildman–Crippen LogP) is 4.10. The molecule has 0 bridgehead atoms. The maximum Gasteiger partial charge on any atom is 0.262 e. The SMILES string of the molecule is O=C(COc1ccc(Cl)cc1)Nc1cccc(CCl)c1. The number of rotatable bonds is 5. The van der Waals surface area contributed by atoms with Crippen LogP contribution in [0.1, 0.15) is 5.56 Å². The van der Waals surface area contributed by atoms with Crippen LogP contribution in [0.15, 0.2) is 48.5 Å². The molecule has 0 heterocycles. The predicted molar refractivity (Wildman–Crippen MR) is 81.6 cm³/mol. The molecule has 0 fully saturated rings. The third kappa shape index (κ3) is 4.44. The van der Waals surface area contributed by atoms with Crippen molar-refractivity contribution in [3.63, 3.8) is 0 Å². The van der Waals surface area contributed by atoms with Crippen molar-refractivity contribution in [2.24, 2.45) is 0 Å². The number of benzene rings is 2. The lowest BCUT2D eigenvalue weighted by molar-refractivity contribution is -0.118. The van der Waals surface area contributed by atoms with Gasteiger partial charge in [0, 0.05) is 16.6 Å². The molecule has 20 heavy (non-hydrogen) atoms. The highest BCUT2D eigenvalue weighted by Gasteiger charge is 2.04. The number of carbonyl (C=O) groups is 1. The highest BCUT2D eigenvalue weighted by molar-refractivity contribution is 6.30. The Kier molecular flexibility index (Phi) is 5.27. The first kappa shape index (κ1) is 14.7. The van der Waals surface area contributed by atoms with E-state index in [1.165, 1.54) is 0 Å². The van der Waals surface area contributed by atoms with Crippen molar-refractivity contribution in [3.8, 4) is 5.75 Å². The molecule has 1 N–H and O–H groups in total. The molecule has 5 heteroatoms. The number of hydrogen-bond acceptors (Lipinski definition) is 2. The highest BCUT2D eigenvalue weighted by atomic mass is 35.5. The number of hydrogen-bond donors (Lipinski definition) is 1. The van der Waals surface area contributed by atoms with Gasteiger partial charge >= 0.3 is 0 Å². The van der Waals surface area contributed by atoms with Crippen molar-refractivity contribution < 1.29 is 9.53 Å². The monoisotopic (exact) mass is 309 g/mol. The lowest BCUT2D eigenvalue weighted by Gasteiger charge is -2.08. The third-order valence-electron chi connectivity index (χ3n) is 2.55. The normalized spacial score (nSPS) is 10.1. The maximum atomic E-state index is 11.8. The molecule has 0 radical (unpaired) electrons. The molecule has 0 atom stereocenters. The Morgan fingerprint density at radius 2 is 1.90 bits per heavy atom. The van der Waals surface area contributed by atoms with Crippen LogP contribution in [-0.4, -0.2) is 12.5 Å². The number of alkyl halides is 1. The van der Waals surface area contributed by atoms with E-state index in [9.17, 15) is 4.79 Å². The highest BCUT2D eigenvalue weighted by Crippen LogP contribution is 2.16. The lowest BCUT2D eigenvalue weighted by Crippen LogP contribution is -2.20. The first-order valence-electron chi connectivity index (χ1n) is 6.00. The summed E-state index contributed by atoms with van der Waals surface area (Å²) in [5.74, 6) is 0.774. The summed E-state index contributed by atoms with van der Waals surface area (Å²) >= 11 is 11.5. The molecule has 0 saturated carbocycles. The van der Waals surface area contributed by atoms with Crippen LogP contribution in [0.25, 0.3) is 0 Å². The molecule has 0 aliphatic carbocycles. The van der Waals surface area contributed by atoms with Crippen molar-refractivity contribution in [2.75, 3.05) is 11.9 Å². The van der Waals surface area contributed by atoms with E-state index in [2.05, 4.69) is 5.32 Å². The van der Waals surface area contributed by atoms with E-state index in [-0.39, 0.29) is 12.5 Å². The van der Waals surface area contributed by atoms with Gasteiger partial charge in [0.25, 0.3) is 5.91 Å². The van der Waals surface area contributed by atoms with Gasteiger partial charge in [-0.25, -0.2) is 0 Å². The molecule has 2 aromatic rings. The molecule has 0 saturated heterocycles. The van der Waals surface area contributed by atoms with E-state index in [0.717, 1.165) is 5.56 Å². The molecule has 2 rings (SSSR count). The summed E-state index contributed by atoms with van der Waals surface area (Å²) in [7, 11) is 0. The van der Waals surface area contributed by atoms with Crippen LogP contribution in [0.5, 0.6) is 5.75 Å². The molecular weight excluding hydrogens is 297 g/mol. The fourth-order valence-electron chi connectivity index (χ4n) is 1.61. The minimum Gasteiger partial charge on any atom is -0.484 e. The average molecular weight is 310 g/mol.